The van der Waals surface area contributed by atoms with E-state index in [-0.39, 0.29) is 0 Å². The Kier molecular flexibility index (Phi) is 4.27. The number of hydrogen-bond acceptors (Lipinski definition) is 2. The van der Waals surface area contributed by atoms with Crippen LogP contribution in [0.5, 0.6) is 0 Å². The lowest BCUT2D eigenvalue weighted by Gasteiger charge is -2.28. The molecule has 1 heterocycles. The molecule has 3 rings (SSSR count). The van der Waals surface area contributed by atoms with E-state index in [2.05, 4.69) is 41.3 Å². The first-order valence-corrected chi connectivity index (χ1v) is 8.50. The highest BCUT2D eigenvalue weighted by Crippen LogP contribution is 2.30. The van der Waals surface area contributed by atoms with Crippen molar-refractivity contribution < 1.29 is 0 Å². The molecule has 0 saturated carbocycles. The molecule has 1 aromatic rings. The molecule has 1 atom stereocenters. The van der Waals surface area contributed by atoms with Crippen LogP contribution in [0.4, 0.5) is 0 Å². The molecule has 1 aromatic carbocycles. The summed E-state index contributed by atoms with van der Waals surface area (Å²) in [5.74, 6) is 2.68. The van der Waals surface area contributed by atoms with E-state index in [0.29, 0.717) is 6.04 Å². The third-order valence-electron chi connectivity index (χ3n) is 4.28. The van der Waals surface area contributed by atoms with Crippen LogP contribution in [0.2, 0.25) is 0 Å². The zero-order chi connectivity index (χ0) is 12.2. The van der Waals surface area contributed by atoms with Gasteiger partial charge in [0.1, 0.15) is 0 Å². The SMILES string of the molecule is c1ccc2c(c1)CCCCC2NC1CCSCC1. The van der Waals surface area contributed by atoms with Gasteiger partial charge in [0.2, 0.25) is 0 Å². The number of nitrogens with one attached hydrogen (secondary N) is 1. The highest BCUT2D eigenvalue weighted by atomic mass is 32.2. The molecule has 0 radical (unpaired) electrons. The van der Waals surface area contributed by atoms with Crippen LogP contribution in [0.3, 0.4) is 0 Å². The summed E-state index contributed by atoms with van der Waals surface area (Å²) in [4.78, 5) is 0. The number of hydrogen-bond donors (Lipinski definition) is 1. The van der Waals surface area contributed by atoms with Crippen LogP contribution in [0, 0.1) is 0 Å². The Morgan fingerprint density at radius 1 is 1.00 bits per heavy atom. The standard InChI is InChI=1S/C16H23NS/c1-3-7-15-13(5-1)6-2-4-8-16(15)17-14-9-11-18-12-10-14/h1,3,5,7,14,16-17H,2,4,6,8-12H2. The lowest BCUT2D eigenvalue weighted by Crippen LogP contribution is -2.35. The van der Waals surface area contributed by atoms with Gasteiger partial charge in [0, 0.05) is 12.1 Å². The molecule has 2 heteroatoms. The van der Waals surface area contributed by atoms with E-state index in [1.807, 2.05) is 0 Å². The number of fused-ring (bicyclic) bond motifs is 1. The summed E-state index contributed by atoms with van der Waals surface area (Å²) in [5.41, 5.74) is 3.16. The molecule has 2 aliphatic rings. The van der Waals surface area contributed by atoms with Crippen molar-refractivity contribution in [3.05, 3.63) is 35.4 Å². The van der Waals surface area contributed by atoms with Gasteiger partial charge in [0.05, 0.1) is 0 Å². The van der Waals surface area contributed by atoms with Gasteiger partial charge in [0.15, 0.2) is 0 Å². The molecule has 1 aliphatic carbocycles. The van der Waals surface area contributed by atoms with Crippen molar-refractivity contribution in [1.29, 1.82) is 0 Å². The summed E-state index contributed by atoms with van der Waals surface area (Å²) in [6.07, 6.45) is 8.02. The van der Waals surface area contributed by atoms with Gasteiger partial charge in [-0.1, -0.05) is 30.7 Å². The Balaban J connectivity index is 1.74. The molecule has 0 bridgehead atoms. The highest BCUT2D eigenvalue weighted by Gasteiger charge is 2.22. The Morgan fingerprint density at radius 2 is 1.83 bits per heavy atom. The molecule has 18 heavy (non-hydrogen) atoms. The number of aryl methyl sites for hydroxylation is 1. The average Bonchev–Trinajstić information content (AvgIpc) is 2.63. The monoisotopic (exact) mass is 261 g/mol. The van der Waals surface area contributed by atoms with Crippen molar-refractivity contribution in [2.75, 3.05) is 11.5 Å². The number of rotatable bonds is 2. The van der Waals surface area contributed by atoms with E-state index >= 15 is 0 Å². The average molecular weight is 261 g/mol. The van der Waals surface area contributed by atoms with E-state index in [1.54, 1.807) is 11.1 Å². The van der Waals surface area contributed by atoms with E-state index in [1.165, 1.54) is 50.0 Å². The van der Waals surface area contributed by atoms with Gasteiger partial charge in [0.25, 0.3) is 0 Å². The second-order valence-electron chi connectivity index (χ2n) is 5.55. The molecule has 0 spiro atoms. The number of thioether (sulfide) groups is 1. The first-order chi connectivity index (χ1) is 8.93. The van der Waals surface area contributed by atoms with E-state index in [0.717, 1.165) is 6.04 Å². The van der Waals surface area contributed by atoms with Crippen LogP contribution in [-0.4, -0.2) is 17.5 Å². The fourth-order valence-corrected chi connectivity index (χ4v) is 4.35. The van der Waals surface area contributed by atoms with Crippen LogP contribution in [-0.2, 0) is 6.42 Å². The van der Waals surface area contributed by atoms with Crippen LogP contribution >= 0.6 is 11.8 Å². The van der Waals surface area contributed by atoms with Gasteiger partial charge in [-0.15, -0.1) is 0 Å². The zero-order valence-corrected chi connectivity index (χ0v) is 11.8. The molecule has 1 saturated heterocycles. The Hall–Kier alpha value is -0.470. The maximum Gasteiger partial charge on any atom is 0.0325 e. The fraction of sp³-hybridized carbons (Fsp3) is 0.625. The fourth-order valence-electron chi connectivity index (χ4n) is 3.24. The van der Waals surface area contributed by atoms with Crippen molar-refractivity contribution in [1.82, 2.24) is 5.32 Å². The topological polar surface area (TPSA) is 12.0 Å². The largest absolute Gasteiger partial charge is 0.307 e. The van der Waals surface area contributed by atoms with Gasteiger partial charge >= 0.3 is 0 Å². The van der Waals surface area contributed by atoms with Gasteiger partial charge in [-0.3, -0.25) is 0 Å². The minimum Gasteiger partial charge on any atom is -0.307 e. The van der Waals surface area contributed by atoms with Crippen molar-refractivity contribution in [2.24, 2.45) is 0 Å². The minimum atomic E-state index is 0.608. The summed E-state index contributed by atoms with van der Waals surface area (Å²) < 4.78 is 0. The van der Waals surface area contributed by atoms with Gasteiger partial charge in [-0.2, -0.15) is 11.8 Å². The van der Waals surface area contributed by atoms with Gasteiger partial charge in [-0.25, -0.2) is 0 Å². The van der Waals surface area contributed by atoms with E-state index in [4.69, 9.17) is 0 Å². The summed E-state index contributed by atoms with van der Waals surface area (Å²) in [5, 5.41) is 3.94. The van der Waals surface area contributed by atoms with Crippen molar-refractivity contribution >= 4 is 11.8 Å². The summed E-state index contributed by atoms with van der Waals surface area (Å²) in [6.45, 7) is 0. The Morgan fingerprint density at radius 3 is 2.72 bits per heavy atom. The van der Waals surface area contributed by atoms with Crippen LogP contribution in [0.25, 0.3) is 0 Å². The Labute approximate surface area is 115 Å². The van der Waals surface area contributed by atoms with Crippen LogP contribution in [0.1, 0.15) is 49.3 Å². The molecule has 1 unspecified atom stereocenters. The lowest BCUT2D eigenvalue weighted by atomic mass is 9.97. The summed E-state index contributed by atoms with van der Waals surface area (Å²) >= 11 is 2.11. The quantitative estimate of drug-likeness (QED) is 0.809. The molecule has 0 amide bonds. The van der Waals surface area contributed by atoms with E-state index in [9.17, 15) is 0 Å². The van der Waals surface area contributed by atoms with Crippen molar-refractivity contribution in [2.45, 2.75) is 50.6 Å². The predicted molar refractivity (Wildman–Crippen MR) is 80.2 cm³/mol. The van der Waals surface area contributed by atoms with Gasteiger partial charge < -0.3 is 5.32 Å². The maximum absolute atomic E-state index is 3.94. The molecule has 1 aliphatic heterocycles. The first kappa shape index (κ1) is 12.6. The van der Waals surface area contributed by atoms with E-state index < -0.39 is 0 Å². The minimum absolute atomic E-state index is 0.608. The van der Waals surface area contributed by atoms with Crippen molar-refractivity contribution in [3.8, 4) is 0 Å². The smallest absolute Gasteiger partial charge is 0.0325 e. The number of benzene rings is 1. The zero-order valence-electron chi connectivity index (χ0n) is 11.0. The second-order valence-corrected chi connectivity index (χ2v) is 6.78. The summed E-state index contributed by atoms with van der Waals surface area (Å²) in [7, 11) is 0. The van der Waals surface area contributed by atoms with Crippen LogP contribution in [0.15, 0.2) is 24.3 Å². The lowest BCUT2D eigenvalue weighted by molar-refractivity contribution is 0.394. The molecular weight excluding hydrogens is 238 g/mol. The van der Waals surface area contributed by atoms with Crippen molar-refractivity contribution in [3.63, 3.8) is 0 Å². The maximum atomic E-state index is 3.94. The predicted octanol–water partition coefficient (Wildman–Crippen LogP) is 3.94. The highest BCUT2D eigenvalue weighted by molar-refractivity contribution is 7.99. The van der Waals surface area contributed by atoms with Crippen LogP contribution < -0.4 is 5.32 Å². The van der Waals surface area contributed by atoms with Gasteiger partial charge in [-0.05, 0) is 54.7 Å². The molecule has 1 N–H and O–H groups in total. The Bertz CT molecular complexity index is 384. The summed E-state index contributed by atoms with van der Waals surface area (Å²) in [6, 6.07) is 10.4. The molecular formula is C16H23NS. The second kappa shape index (κ2) is 6.12. The molecule has 1 nitrogen and oxygen atoms in total. The third kappa shape index (κ3) is 2.92. The molecule has 98 valence electrons. The molecule has 1 fully saturated rings. The molecule has 0 aromatic heterocycles. The third-order valence-corrected chi connectivity index (χ3v) is 5.33. The first-order valence-electron chi connectivity index (χ1n) is 7.35. The normalized spacial score (nSPS) is 25.4.